The summed E-state index contributed by atoms with van der Waals surface area (Å²) in [6.07, 6.45) is -1.08. The number of nitro groups is 1. The van der Waals surface area contributed by atoms with Crippen LogP contribution in [0.5, 0.6) is 0 Å². The van der Waals surface area contributed by atoms with E-state index in [2.05, 4.69) is 4.18 Å². The highest BCUT2D eigenvalue weighted by atomic mass is 32.2. The second-order valence-corrected chi connectivity index (χ2v) is 3.88. The number of nitro benzene ring substituents is 1. The molecule has 0 spiro atoms. The second kappa shape index (κ2) is 5.67. The van der Waals surface area contributed by atoms with Crippen LogP contribution in [0.1, 0.15) is 28.9 Å². The van der Waals surface area contributed by atoms with Crippen molar-refractivity contribution >= 4 is 23.0 Å². The topological polar surface area (TPSA) is 130 Å². The fourth-order valence-corrected chi connectivity index (χ4v) is 1.69. The van der Waals surface area contributed by atoms with Gasteiger partial charge in [-0.15, -0.1) is 0 Å². The van der Waals surface area contributed by atoms with E-state index in [4.69, 9.17) is 5.11 Å². The van der Waals surface area contributed by atoms with Crippen LogP contribution in [0.2, 0.25) is 0 Å². The van der Waals surface area contributed by atoms with Gasteiger partial charge in [0.15, 0.2) is 0 Å². The summed E-state index contributed by atoms with van der Waals surface area (Å²) < 4.78 is 25.1. The lowest BCUT2D eigenvalue weighted by molar-refractivity contribution is -0.386. The number of benzene rings is 1. The number of rotatable bonds is 5. The Balaban J connectivity index is 3.23. The van der Waals surface area contributed by atoms with Gasteiger partial charge >= 0.3 is 5.97 Å². The van der Waals surface area contributed by atoms with Crippen LogP contribution < -0.4 is 0 Å². The SMILES string of the molecule is CC(OS(=O)[O-])c1ccc(C(=O)O)cc1[N+](=O)[O-]. The molecule has 1 rings (SSSR count). The minimum atomic E-state index is -2.82. The van der Waals surface area contributed by atoms with Gasteiger partial charge in [0.1, 0.15) is 6.10 Å². The lowest BCUT2D eigenvalue weighted by Crippen LogP contribution is -2.07. The Morgan fingerprint density at radius 3 is 2.61 bits per heavy atom. The van der Waals surface area contributed by atoms with E-state index in [0.717, 1.165) is 18.2 Å². The van der Waals surface area contributed by atoms with E-state index < -0.39 is 34.0 Å². The number of carboxylic acid groups (broad SMARTS) is 1. The van der Waals surface area contributed by atoms with E-state index in [1.807, 2.05) is 0 Å². The van der Waals surface area contributed by atoms with Gasteiger partial charge in [-0.3, -0.25) is 14.3 Å². The number of hydrogen-bond acceptors (Lipinski definition) is 6. The summed E-state index contributed by atoms with van der Waals surface area (Å²) in [6.45, 7) is 1.30. The zero-order chi connectivity index (χ0) is 13.9. The fraction of sp³-hybridized carbons (Fsp3) is 0.222. The molecule has 98 valence electrons. The summed E-state index contributed by atoms with van der Waals surface area (Å²) in [4.78, 5) is 20.7. The summed E-state index contributed by atoms with van der Waals surface area (Å²) >= 11 is -2.82. The Morgan fingerprint density at radius 2 is 2.17 bits per heavy atom. The highest BCUT2D eigenvalue weighted by Crippen LogP contribution is 2.28. The quantitative estimate of drug-likeness (QED) is 0.484. The molecule has 0 amide bonds. The first-order valence-corrected chi connectivity index (χ1v) is 5.61. The fourth-order valence-electron chi connectivity index (χ4n) is 1.35. The van der Waals surface area contributed by atoms with Gasteiger partial charge in [0.2, 0.25) is 0 Å². The Labute approximate surface area is 104 Å². The Kier molecular flexibility index (Phi) is 4.48. The Bertz CT molecular complexity index is 516. The van der Waals surface area contributed by atoms with E-state index >= 15 is 0 Å². The van der Waals surface area contributed by atoms with Crippen LogP contribution in [0, 0.1) is 10.1 Å². The standard InChI is InChI=1S/C9H9NO7S/c1-5(17-18(15)16)7-3-2-6(9(11)12)4-8(7)10(13)14/h2-5H,1H3,(H,11,12)(H,15,16)/p-1. The number of carboxylic acids is 1. The smallest absolute Gasteiger partial charge is 0.335 e. The number of aromatic carboxylic acids is 1. The normalized spacial score (nSPS) is 13.9. The van der Waals surface area contributed by atoms with Gasteiger partial charge in [-0.1, -0.05) is 0 Å². The lowest BCUT2D eigenvalue weighted by atomic mass is 10.1. The number of carbonyl (C=O) groups is 1. The van der Waals surface area contributed by atoms with Crippen LogP contribution in [0.25, 0.3) is 0 Å². The molecule has 1 aromatic carbocycles. The molecule has 0 aliphatic heterocycles. The van der Waals surface area contributed by atoms with Gasteiger partial charge in [0, 0.05) is 6.07 Å². The molecular weight excluding hydrogens is 266 g/mol. The molecule has 0 fully saturated rings. The minimum Gasteiger partial charge on any atom is -0.750 e. The average Bonchev–Trinajstić information content (AvgIpc) is 2.26. The van der Waals surface area contributed by atoms with Crippen LogP contribution in [-0.4, -0.2) is 24.8 Å². The maximum atomic E-state index is 10.8. The molecule has 2 atom stereocenters. The molecule has 2 unspecified atom stereocenters. The molecule has 18 heavy (non-hydrogen) atoms. The first kappa shape index (κ1) is 14.2. The molecule has 0 aromatic heterocycles. The van der Waals surface area contributed by atoms with Crippen molar-refractivity contribution in [1.82, 2.24) is 0 Å². The predicted octanol–water partition coefficient (Wildman–Crippen LogP) is 1.16. The first-order valence-electron chi connectivity index (χ1n) is 4.61. The molecule has 8 nitrogen and oxygen atoms in total. The summed E-state index contributed by atoms with van der Waals surface area (Å²) in [5.74, 6) is -1.31. The van der Waals surface area contributed by atoms with Gasteiger partial charge in [0.05, 0.1) is 27.4 Å². The first-order chi connectivity index (χ1) is 8.32. The molecule has 1 N–H and O–H groups in total. The highest BCUT2D eigenvalue weighted by Gasteiger charge is 2.22. The third-order valence-corrected chi connectivity index (χ3v) is 2.58. The van der Waals surface area contributed by atoms with Crippen molar-refractivity contribution in [3.05, 3.63) is 39.4 Å². The minimum absolute atomic E-state index is 0.0193. The Hall–Kier alpha value is -1.84. The molecule has 0 radical (unpaired) electrons. The molecule has 9 heteroatoms. The van der Waals surface area contributed by atoms with Crippen molar-refractivity contribution in [3.8, 4) is 0 Å². The van der Waals surface area contributed by atoms with Crippen LogP contribution in [0.15, 0.2) is 18.2 Å². The van der Waals surface area contributed by atoms with Gasteiger partial charge in [0.25, 0.3) is 5.69 Å². The van der Waals surface area contributed by atoms with Crippen molar-refractivity contribution in [2.75, 3.05) is 0 Å². The average molecular weight is 274 g/mol. The summed E-state index contributed by atoms with van der Waals surface area (Å²) in [7, 11) is 0. The zero-order valence-corrected chi connectivity index (χ0v) is 9.88. The van der Waals surface area contributed by atoms with Crippen molar-refractivity contribution in [2.24, 2.45) is 0 Å². The van der Waals surface area contributed by atoms with Gasteiger partial charge in [-0.2, -0.15) is 0 Å². The van der Waals surface area contributed by atoms with Crippen molar-refractivity contribution in [2.45, 2.75) is 13.0 Å². The van der Waals surface area contributed by atoms with Crippen LogP contribution in [-0.2, 0) is 15.5 Å². The predicted molar refractivity (Wildman–Crippen MR) is 58.5 cm³/mol. The second-order valence-electron chi connectivity index (χ2n) is 3.28. The summed E-state index contributed by atoms with van der Waals surface area (Å²) in [5.41, 5.74) is -0.789. The van der Waals surface area contributed by atoms with Crippen molar-refractivity contribution < 1.29 is 27.8 Å². The maximum absolute atomic E-state index is 10.8. The summed E-state index contributed by atoms with van der Waals surface area (Å²) in [5, 5.41) is 19.5. The number of hydrogen-bond donors (Lipinski definition) is 1. The molecule has 1 aromatic rings. The third-order valence-electron chi connectivity index (χ3n) is 2.13. The van der Waals surface area contributed by atoms with Gasteiger partial charge < -0.3 is 9.66 Å². The Morgan fingerprint density at radius 1 is 1.56 bits per heavy atom. The molecular formula is C9H8NO7S-. The molecule has 0 aliphatic carbocycles. The monoisotopic (exact) mass is 274 g/mol. The van der Waals surface area contributed by atoms with E-state index in [1.54, 1.807) is 0 Å². The molecule has 0 saturated heterocycles. The lowest BCUT2D eigenvalue weighted by Gasteiger charge is -2.14. The molecule has 0 bridgehead atoms. The third kappa shape index (κ3) is 3.32. The van der Waals surface area contributed by atoms with Gasteiger partial charge in [-0.25, -0.2) is 9.00 Å². The van der Waals surface area contributed by atoms with Crippen LogP contribution in [0.3, 0.4) is 0 Å². The molecule has 0 aliphatic rings. The van der Waals surface area contributed by atoms with Crippen LogP contribution >= 0.6 is 0 Å². The summed E-state index contributed by atoms with van der Waals surface area (Å²) in [6, 6.07) is 3.14. The largest absolute Gasteiger partial charge is 0.750 e. The van der Waals surface area contributed by atoms with E-state index in [0.29, 0.717) is 0 Å². The molecule has 0 heterocycles. The maximum Gasteiger partial charge on any atom is 0.335 e. The number of nitrogens with zero attached hydrogens (tertiary/aromatic N) is 1. The molecule has 0 saturated carbocycles. The van der Waals surface area contributed by atoms with Gasteiger partial charge in [-0.05, 0) is 19.1 Å². The zero-order valence-electron chi connectivity index (χ0n) is 9.06. The van der Waals surface area contributed by atoms with E-state index in [9.17, 15) is 23.7 Å². The van der Waals surface area contributed by atoms with Crippen molar-refractivity contribution in [1.29, 1.82) is 0 Å². The van der Waals surface area contributed by atoms with Crippen molar-refractivity contribution in [3.63, 3.8) is 0 Å². The van der Waals surface area contributed by atoms with E-state index in [-0.39, 0.29) is 11.1 Å². The van der Waals surface area contributed by atoms with E-state index in [1.165, 1.54) is 6.92 Å². The van der Waals surface area contributed by atoms with Crippen LogP contribution in [0.4, 0.5) is 5.69 Å². The highest BCUT2D eigenvalue weighted by molar-refractivity contribution is 7.74.